The summed E-state index contributed by atoms with van der Waals surface area (Å²) in [5, 5.41) is 1.08. The predicted octanol–water partition coefficient (Wildman–Crippen LogP) is 5.23. The van der Waals surface area contributed by atoms with Gasteiger partial charge in [-0.15, -0.1) is 11.3 Å². The van der Waals surface area contributed by atoms with Crippen LogP contribution in [-0.2, 0) is 0 Å². The molecule has 0 atom stereocenters. The average Bonchev–Trinajstić information content (AvgIpc) is 2.94. The Kier molecular flexibility index (Phi) is 3.89. The van der Waals surface area contributed by atoms with Crippen molar-refractivity contribution in [1.82, 2.24) is 15.0 Å². The number of benzene rings is 1. The molecule has 1 aromatic carbocycles. The monoisotopic (exact) mass is 341 g/mol. The van der Waals surface area contributed by atoms with Gasteiger partial charge in [0.15, 0.2) is 5.82 Å². The summed E-state index contributed by atoms with van der Waals surface area (Å²) < 4.78 is 0. The normalized spacial score (nSPS) is 10.8. The van der Waals surface area contributed by atoms with Crippen molar-refractivity contribution in [2.75, 3.05) is 0 Å². The van der Waals surface area contributed by atoms with Crippen LogP contribution in [-0.4, -0.2) is 15.0 Å². The molecule has 2 aromatic heterocycles. The maximum Gasteiger partial charge on any atom is 0.174 e. The Bertz CT molecular complexity index is 736. The van der Waals surface area contributed by atoms with E-state index in [-0.39, 0.29) is 10.3 Å². The van der Waals surface area contributed by atoms with E-state index in [9.17, 15) is 0 Å². The summed E-state index contributed by atoms with van der Waals surface area (Å²) in [5.74, 6) is 0.457. The maximum absolute atomic E-state index is 6.25. The number of halogens is 3. The summed E-state index contributed by atoms with van der Waals surface area (Å²) in [7, 11) is 0. The first kappa shape index (κ1) is 13.8. The average molecular weight is 343 g/mol. The van der Waals surface area contributed by atoms with Gasteiger partial charge < -0.3 is 0 Å². The Morgan fingerprint density at radius 1 is 0.950 bits per heavy atom. The minimum Gasteiger partial charge on any atom is -0.252 e. The molecule has 0 unspecified atom stereocenters. The lowest BCUT2D eigenvalue weighted by Gasteiger charge is -2.09. The first-order valence-electron chi connectivity index (χ1n) is 5.53. The van der Waals surface area contributed by atoms with Gasteiger partial charge >= 0.3 is 0 Å². The van der Waals surface area contributed by atoms with E-state index in [2.05, 4.69) is 15.0 Å². The highest BCUT2D eigenvalue weighted by molar-refractivity contribution is 7.13. The molecule has 2 heterocycles. The highest BCUT2D eigenvalue weighted by atomic mass is 35.5. The molecule has 0 aliphatic carbocycles. The van der Waals surface area contributed by atoms with Gasteiger partial charge in [-0.3, -0.25) is 4.98 Å². The fraction of sp³-hybridized carbons (Fsp3) is 0. The van der Waals surface area contributed by atoms with Crippen molar-refractivity contribution < 1.29 is 0 Å². The lowest BCUT2D eigenvalue weighted by molar-refractivity contribution is 1.18. The first-order chi connectivity index (χ1) is 9.66. The molecule has 0 N–H and O–H groups in total. The molecule has 0 fully saturated rings. The SMILES string of the molecule is Clc1ccccc1-c1c(Cl)nc(-c2cncs2)nc1Cl. The number of rotatable bonds is 2. The van der Waals surface area contributed by atoms with Gasteiger partial charge in [0, 0.05) is 16.8 Å². The molecule has 0 amide bonds. The number of thiazole rings is 1. The molecule has 7 heteroatoms. The van der Waals surface area contributed by atoms with E-state index in [1.165, 1.54) is 11.3 Å². The van der Waals surface area contributed by atoms with E-state index >= 15 is 0 Å². The molecule has 0 aliphatic heterocycles. The van der Waals surface area contributed by atoms with Crippen molar-refractivity contribution in [2.45, 2.75) is 0 Å². The Labute approximate surface area is 134 Å². The van der Waals surface area contributed by atoms with Crippen molar-refractivity contribution in [3.63, 3.8) is 0 Å². The molecule has 0 bridgehead atoms. The van der Waals surface area contributed by atoms with E-state index in [0.29, 0.717) is 22.0 Å². The van der Waals surface area contributed by atoms with Crippen molar-refractivity contribution in [2.24, 2.45) is 0 Å². The van der Waals surface area contributed by atoms with Crippen molar-refractivity contribution in [3.8, 4) is 21.8 Å². The second kappa shape index (κ2) is 5.66. The summed E-state index contributed by atoms with van der Waals surface area (Å²) in [4.78, 5) is 13.3. The first-order valence-corrected chi connectivity index (χ1v) is 7.55. The minimum atomic E-state index is 0.265. The molecular formula is C13H6Cl3N3S. The van der Waals surface area contributed by atoms with Crippen LogP contribution in [0.15, 0.2) is 36.0 Å². The zero-order valence-corrected chi connectivity index (χ0v) is 12.9. The van der Waals surface area contributed by atoms with Gasteiger partial charge in [0.25, 0.3) is 0 Å². The van der Waals surface area contributed by atoms with Crippen LogP contribution in [0.3, 0.4) is 0 Å². The zero-order valence-electron chi connectivity index (χ0n) is 9.85. The third-order valence-electron chi connectivity index (χ3n) is 2.62. The molecule has 3 rings (SSSR count). The van der Waals surface area contributed by atoms with Crippen LogP contribution in [0.4, 0.5) is 0 Å². The number of nitrogens with zero attached hydrogens (tertiary/aromatic N) is 3. The molecule has 0 aliphatic rings. The van der Waals surface area contributed by atoms with E-state index in [1.54, 1.807) is 17.8 Å². The van der Waals surface area contributed by atoms with E-state index in [4.69, 9.17) is 34.8 Å². The fourth-order valence-electron chi connectivity index (χ4n) is 1.73. The Hall–Kier alpha value is -1.20. The highest BCUT2D eigenvalue weighted by Gasteiger charge is 2.17. The molecule has 0 saturated carbocycles. The summed E-state index contributed by atoms with van der Waals surface area (Å²) in [6.07, 6.45) is 1.67. The number of hydrogen-bond acceptors (Lipinski definition) is 4. The predicted molar refractivity (Wildman–Crippen MR) is 83.6 cm³/mol. The van der Waals surface area contributed by atoms with Gasteiger partial charge in [-0.1, -0.05) is 53.0 Å². The zero-order chi connectivity index (χ0) is 14.1. The summed E-state index contributed by atoms with van der Waals surface area (Å²) in [6, 6.07) is 7.27. The second-order valence-electron chi connectivity index (χ2n) is 3.85. The Balaban J connectivity index is 2.17. The van der Waals surface area contributed by atoms with Gasteiger partial charge in [0.05, 0.1) is 16.0 Å². The van der Waals surface area contributed by atoms with Crippen molar-refractivity contribution in [3.05, 3.63) is 51.3 Å². The molecule has 3 nitrogen and oxygen atoms in total. The van der Waals surface area contributed by atoms with E-state index in [0.717, 1.165) is 4.88 Å². The van der Waals surface area contributed by atoms with Crippen LogP contribution in [0, 0.1) is 0 Å². The van der Waals surface area contributed by atoms with E-state index in [1.807, 2.05) is 18.2 Å². The quantitative estimate of drug-likeness (QED) is 0.599. The summed E-state index contributed by atoms with van der Waals surface area (Å²) in [6.45, 7) is 0. The molecule has 0 saturated heterocycles. The molecular weight excluding hydrogens is 337 g/mol. The van der Waals surface area contributed by atoms with Crippen LogP contribution < -0.4 is 0 Å². The molecule has 20 heavy (non-hydrogen) atoms. The van der Waals surface area contributed by atoms with Gasteiger partial charge in [0.1, 0.15) is 10.3 Å². The second-order valence-corrected chi connectivity index (χ2v) is 5.86. The Morgan fingerprint density at radius 3 is 2.25 bits per heavy atom. The molecule has 100 valence electrons. The van der Waals surface area contributed by atoms with Gasteiger partial charge in [-0.05, 0) is 6.07 Å². The van der Waals surface area contributed by atoms with Crippen LogP contribution in [0.2, 0.25) is 15.3 Å². The van der Waals surface area contributed by atoms with E-state index < -0.39 is 0 Å². The highest BCUT2D eigenvalue weighted by Crippen LogP contribution is 2.37. The third kappa shape index (κ3) is 2.52. The van der Waals surface area contributed by atoms with Crippen molar-refractivity contribution in [1.29, 1.82) is 0 Å². The standard InChI is InChI=1S/C13H6Cl3N3S/c14-8-4-2-1-3-7(8)10-11(15)18-13(19-12(10)16)9-5-17-6-20-9/h1-6H. The van der Waals surface area contributed by atoms with Crippen LogP contribution in [0.25, 0.3) is 21.8 Å². The topological polar surface area (TPSA) is 38.7 Å². The number of hydrogen-bond donors (Lipinski definition) is 0. The summed E-state index contributed by atoms with van der Waals surface area (Å²) in [5.41, 5.74) is 2.94. The maximum atomic E-state index is 6.25. The lowest BCUT2D eigenvalue weighted by Crippen LogP contribution is -1.94. The van der Waals surface area contributed by atoms with Gasteiger partial charge in [-0.25, -0.2) is 9.97 Å². The third-order valence-corrected chi connectivity index (χ3v) is 4.26. The van der Waals surface area contributed by atoms with Crippen LogP contribution >= 0.6 is 46.1 Å². The largest absolute Gasteiger partial charge is 0.252 e. The number of aromatic nitrogens is 3. The van der Waals surface area contributed by atoms with Gasteiger partial charge in [-0.2, -0.15) is 0 Å². The van der Waals surface area contributed by atoms with Gasteiger partial charge in [0.2, 0.25) is 0 Å². The minimum absolute atomic E-state index is 0.265. The fourth-order valence-corrected chi connectivity index (χ4v) is 3.11. The van der Waals surface area contributed by atoms with Crippen molar-refractivity contribution >= 4 is 46.1 Å². The molecule has 0 radical (unpaired) electrons. The summed E-state index contributed by atoms with van der Waals surface area (Å²) >= 11 is 20.1. The van der Waals surface area contributed by atoms with Crippen LogP contribution in [0.5, 0.6) is 0 Å². The Morgan fingerprint density at radius 2 is 1.65 bits per heavy atom. The van der Waals surface area contributed by atoms with Crippen LogP contribution in [0.1, 0.15) is 0 Å². The molecule has 0 spiro atoms. The molecule has 3 aromatic rings. The smallest absolute Gasteiger partial charge is 0.174 e. The lowest BCUT2D eigenvalue weighted by atomic mass is 10.1.